The summed E-state index contributed by atoms with van der Waals surface area (Å²) in [6, 6.07) is 1.72. The van der Waals surface area contributed by atoms with Crippen LogP contribution in [0, 0.1) is 11.3 Å². The lowest BCUT2D eigenvalue weighted by Crippen LogP contribution is -2.14. The summed E-state index contributed by atoms with van der Waals surface area (Å²) < 4.78 is 7.01. The molecule has 2 rings (SSSR count). The molecular formula is C13H19N3O2. The van der Waals surface area contributed by atoms with Gasteiger partial charge in [-0.3, -0.25) is 0 Å². The summed E-state index contributed by atoms with van der Waals surface area (Å²) in [5.41, 5.74) is 1.26. The van der Waals surface area contributed by atoms with Gasteiger partial charge in [0.1, 0.15) is 11.5 Å². The number of carbonyl (C=O) groups excluding carboxylic acids is 1. The number of nitrogens with one attached hydrogen (secondary N) is 2. The Morgan fingerprint density at radius 2 is 2.39 bits per heavy atom. The van der Waals surface area contributed by atoms with Crippen LogP contribution in [0.25, 0.3) is 0 Å². The summed E-state index contributed by atoms with van der Waals surface area (Å²) in [6.45, 7) is 2.98. The monoisotopic (exact) mass is 249 g/mol. The zero-order valence-corrected chi connectivity index (χ0v) is 10.8. The molecule has 98 valence electrons. The summed E-state index contributed by atoms with van der Waals surface area (Å²) in [7, 11) is 1.81. The molecule has 5 nitrogen and oxygen atoms in total. The van der Waals surface area contributed by atoms with Crippen LogP contribution in [0.2, 0.25) is 0 Å². The van der Waals surface area contributed by atoms with Crippen LogP contribution in [0.4, 0.5) is 5.82 Å². The third-order valence-electron chi connectivity index (χ3n) is 3.14. The van der Waals surface area contributed by atoms with Crippen LogP contribution in [0.3, 0.4) is 0 Å². The fourth-order valence-electron chi connectivity index (χ4n) is 2.08. The maximum Gasteiger partial charge on any atom is 0.355 e. The van der Waals surface area contributed by atoms with Gasteiger partial charge in [-0.1, -0.05) is 0 Å². The molecule has 1 heterocycles. The first kappa shape index (κ1) is 12.7. The Balaban J connectivity index is 2.38. The maximum absolute atomic E-state index is 11.9. The van der Waals surface area contributed by atoms with E-state index in [0.717, 1.165) is 17.9 Å². The Bertz CT molecular complexity index is 461. The molecule has 1 aromatic rings. The molecule has 1 fully saturated rings. The summed E-state index contributed by atoms with van der Waals surface area (Å²) in [5.74, 6) is 1.15. The van der Waals surface area contributed by atoms with Crippen molar-refractivity contribution in [1.29, 1.82) is 5.41 Å². The van der Waals surface area contributed by atoms with Crippen molar-refractivity contribution in [2.24, 2.45) is 5.92 Å². The van der Waals surface area contributed by atoms with E-state index in [-0.39, 0.29) is 5.97 Å². The first-order chi connectivity index (χ1) is 8.71. The molecule has 18 heavy (non-hydrogen) atoms. The minimum absolute atomic E-state index is 0.317. The molecule has 0 unspecified atom stereocenters. The SMILES string of the molecule is CCOC(=O)c1cc(C=N)c(NC)n1CC1CC1. The quantitative estimate of drug-likeness (QED) is 0.599. The minimum atomic E-state index is -0.317. The van der Waals surface area contributed by atoms with Gasteiger partial charge in [0, 0.05) is 25.4 Å². The van der Waals surface area contributed by atoms with Crippen LogP contribution >= 0.6 is 0 Å². The van der Waals surface area contributed by atoms with Crippen LogP contribution in [-0.4, -0.2) is 30.4 Å². The van der Waals surface area contributed by atoms with E-state index in [2.05, 4.69) is 5.32 Å². The van der Waals surface area contributed by atoms with Gasteiger partial charge in [0.2, 0.25) is 0 Å². The van der Waals surface area contributed by atoms with E-state index >= 15 is 0 Å². The van der Waals surface area contributed by atoms with E-state index in [4.69, 9.17) is 10.1 Å². The molecule has 0 aliphatic heterocycles. The fraction of sp³-hybridized carbons (Fsp3) is 0.538. The average molecular weight is 249 g/mol. The number of hydrogen-bond acceptors (Lipinski definition) is 4. The number of carbonyl (C=O) groups is 1. The highest BCUT2D eigenvalue weighted by Crippen LogP contribution is 2.33. The number of anilines is 1. The summed E-state index contributed by atoms with van der Waals surface area (Å²) in [4.78, 5) is 11.9. The molecule has 0 spiro atoms. The van der Waals surface area contributed by atoms with Crippen LogP contribution in [0.15, 0.2) is 6.07 Å². The number of ether oxygens (including phenoxy) is 1. The second kappa shape index (κ2) is 5.25. The molecule has 5 heteroatoms. The van der Waals surface area contributed by atoms with Crippen molar-refractivity contribution >= 4 is 18.0 Å². The highest BCUT2D eigenvalue weighted by atomic mass is 16.5. The van der Waals surface area contributed by atoms with Gasteiger partial charge in [-0.25, -0.2) is 4.79 Å². The van der Waals surface area contributed by atoms with Crippen molar-refractivity contribution in [1.82, 2.24) is 4.57 Å². The van der Waals surface area contributed by atoms with Gasteiger partial charge in [-0.2, -0.15) is 0 Å². The highest BCUT2D eigenvalue weighted by molar-refractivity contribution is 5.94. The summed E-state index contributed by atoms with van der Waals surface area (Å²) in [5, 5.41) is 10.5. The van der Waals surface area contributed by atoms with Gasteiger partial charge in [0.05, 0.1) is 6.61 Å². The molecule has 1 aliphatic rings. The molecule has 0 radical (unpaired) electrons. The molecule has 1 aliphatic carbocycles. The lowest BCUT2D eigenvalue weighted by Gasteiger charge is -2.12. The highest BCUT2D eigenvalue weighted by Gasteiger charge is 2.27. The largest absolute Gasteiger partial charge is 0.461 e. The van der Waals surface area contributed by atoms with Crippen LogP contribution in [0.1, 0.15) is 35.8 Å². The van der Waals surface area contributed by atoms with Gasteiger partial charge in [0.25, 0.3) is 0 Å². The van der Waals surface area contributed by atoms with Crippen molar-refractivity contribution in [2.45, 2.75) is 26.3 Å². The predicted molar refractivity (Wildman–Crippen MR) is 70.5 cm³/mol. The van der Waals surface area contributed by atoms with E-state index in [1.165, 1.54) is 19.1 Å². The van der Waals surface area contributed by atoms with Gasteiger partial charge in [-0.15, -0.1) is 0 Å². The second-order valence-electron chi connectivity index (χ2n) is 4.50. The molecule has 0 atom stereocenters. The van der Waals surface area contributed by atoms with Gasteiger partial charge >= 0.3 is 5.97 Å². The number of nitrogens with zero attached hydrogens (tertiary/aromatic N) is 1. The van der Waals surface area contributed by atoms with E-state index < -0.39 is 0 Å². The maximum atomic E-state index is 11.9. The topological polar surface area (TPSA) is 67.1 Å². The van der Waals surface area contributed by atoms with Gasteiger partial charge < -0.3 is 20.0 Å². The number of aromatic nitrogens is 1. The number of hydrogen-bond donors (Lipinski definition) is 2. The fourth-order valence-corrected chi connectivity index (χ4v) is 2.08. The standard InChI is InChI=1S/C13H19N3O2/c1-3-18-13(17)11-6-10(7-14)12(15-2)16(11)8-9-4-5-9/h6-7,9,14-15H,3-5,8H2,1-2H3. The number of esters is 1. The molecule has 0 amide bonds. The molecular weight excluding hydrogens is 230 g/mol. The van der Waals surface area contributed by atoms with E-state index in [9.17, 15) is 4.79 Å². The van der Waals surface area contributed by atoms with Crippen molar-refractivity contribution in [3.05, 3.63) is 17.3 Å². The van der Waals surface area contributed by atoms with E-state index in [1.807, 2.05) is 4.57 Å². The second-order valence-corrected chi connectivity index (χ2v) is 4.50. The van der Waals surface area contributed by atoms with Crippen LogP contribution in [0.5, 0.6) is 0 Å². The van der Waals surface area contributed by atoms with Crippen molar-refractivity contribution < 1.29 is 9.53 Å². The normalized spacial score (nSPS) is 14.3. The minimum Gasteiger partial charge on any atom is -0.461 e. The Morgan fingerprint density at radius 3 is 2.89 bits per heavy atom. The molecule has 0 saturated heterocycles. The van der Waals surface area contributed by atoms with Crippen molar-refractivity contribution in [2.75, 3.05) is 19.0 Å². The zero-order chi connectivity index (χ0) is 13.1. The van der Waals surface area contributed by atoms with Crippen molar-refractivity contribution in [3.63, 3.8) is 0 Å². The lowest BCUT2D eigenvalue weighted by molar-refractivity contribution is 0.0513. The summed E-state index contributed by atoms with van der Waals surface area (Å²) in [6.07, 6.45) is 3.69. The summed E-state index contributed by atoms with van der Waals surface area (Å²) >= 11 is 0. The number of rotatable bonds is 6. The predicted octanol–water partition coefficient (Wildman–Crippen LogP) is 2.11. The third-order valence-corrected chi connectivity index (χ3v) is 3.14. The average Bonchev–Trinajstić information content (AvgIpc) is 3.09. The van der Waals surface area contributed by atoms with Crippen molar-refractivity contribution in [3.8, 4) is 0 Å². The first-order valence-corrected chi connectivity index (χ1v) is 6.30. The van der Waals surface area contributed by atoms with E-state index in [0.29, 0.717) is 18.2 Å². The zero-order valence-electron chi connectivity index (χ0n) is 10.8. The molecule has 0 bridgehead atoms. The van der Waals surface area contributed by atoms with Gasteiger partial charge in [0.15, 0.2) is 0 Å². The van der Waals surface area contributed by atoms with Gasteiger partial charge in [-0.05, 0) is 31.7 Å². The van der Waals surface area contributed by atoms with Crippen LogP contribution in [-0.2, 0) is 11.3 Å². The van der Waals surface area contributed by atoms with E-state index in [1.54, 1.807) is 20.0 Å². The third kappa shape index (κ3) is 2.39. The molecule has 0 aromatic carbocycles. The first-order valence-electron chi connectivity index (χ1n) is 6.30. The Morgan fingerprint density at radius 1 is 1.67 bits per heavy atom. The Hall–Kier alpha value is -1.78. The molecule has 2 N–H and O–H groups in total. The lowest BCUT2D eigenvalue weighted by atomic mass is 10.3. The smallest absolute Gasteiger partial charge is 0.355 e. The Labute approximate surface area is 107 Å². The molecule has 1 saturated carbocycles. The Kier molecular flexibility index (Phi) is 3.69. The molecule has 1 aromatic heterocycles. The van der Waals surface area contributed by atoms with Crippen LogP contribution < -0.4 is 5.32 Å².